The molecule has 1 heterocycles. The predicted octanol–water partition coefficient (Wildman–Crippen LogP) is 4.00. The van der Waals surface area contributed by atoms with Crippen molar-refractivity contribution in [1.82, 2.24) is 4.98 Å². The van der Waals surface area contributed by atoms with Crippen molar-refractivity contribution in [2.24, 2.45) is 0 Å². The van der Waals surface area contributed by atoms with Crippen molar-refractivity contribution < 1.29 is 4.74 Å². The highest BCUT2D eigenvalue weighted by atomic mass is 16.5. The van der Waals surface area contributed by atoms with Gasteiger partial charge < -0.3 is 10.1 Å². The molecule has 1 N–H and O–H groups in total. The summed E-state index contributed by atoms with van der Waals surface area (Å²) in [6.07, 6.45) is 7.98. The zero-order valence-electron chi connectivity index (χ0n) is 11.7. The highest BCUT2D eigenvalue weighted by Crippen LogP contribution is 2.08. The van der Waals surface area contributed by atoms with E-state index in [9.17, 15) is 0 Å². The van der Waals surface area contributed by atoms with E-state index >= 15 is 0 Å². The van der Waals surface area contributed by atoms with E-state index in [2.05, 4.69) is 30.2 Å². The van der Waals surface area contributed by atoms with Crippen molar-refractivity contribution >= 4 is 5.82 Å². The summed E-state index contributed by atoms with van der Waals surface area (Å²) in [7, 11) is 0. The Labute approximate surface area is 111 Å². The fourth-order valence-corrected chi connectivity index (χ4v) is 1.73. The number of ether oxygens (including phenoxy) is 1. The van der Waals surface area contributed by atoms with Gasteiger partial charge in [-0.3, -0.25) is 0 Å². The summed E-state index contributed by atoms with van der Waals surface area (Å²) in [5.41, 5.74) is 1.19. The number of aromatic nitrogens is 1. The van der Waals surface area contributed by atoms with Gasteiger partial charge in [0.05, 0.1) is 6.61 Å². The molecule has 18 heavy (non-hydrogen) atoms. The normalized spacial score (nSPS) is 10.6. The molecule has 1 aromatic heterocycles. The molecule has 0 aliphatic heterocycles. The molecule has 102 valence electrons. The molecule has 0 aliphatic carbocycles. The van der Waals surface area contributed by atoms with Crippen molar-refractivity contribution in [3.63, 3.8) is 0 Å². The summed E-state index contributed by atoms with van der Waals surface area (Å²) in [6, 6.07) is 4.09. The minimum atomic E-state index is 0.690. The molecule has 0 saturated heterocycles. The van der Waals surface area contributed by atoms with Gasteiger partial charge in [-0.15, -0.1) is 0 Å². The van der Waals surface area contributed by atoms with Crippen LogP contribution in [-0.2, 0) is 11.3 Å². The smallest absolute Gasteiger partial charge is 0.126 e. The molecule has 0 amide bonds. The monoisotopic (exact) mass is 250 g/mol. The summed E-state index contributed by atoms with van der Waals surface area (Å²) in [5, 5.41) is 3.29. The summed E-state index contributed by atoms with van der Waals surface area (Å²) < 4.78 is 5.67. The summed E-state index contributed by atoms with van der Waals surface area (Å²) in [5.74, 6) is 0.948. The van der Waals surface area contributed by atoms with Gasteiger partial charge in [-0.1, -0.05) is 33.1 Å². The van der Waals surface area contributed by atoms with Gasteiger partial charge in [0.15, 0.2) is 0 Å². The average molecular weight is 250 g/mol. The highest BCUT2D eigenvalue weighted by Gasteiger charge is 1.97. The molecule has 0 saturated carbocycles. The first-order valence-electron chi connectivity index (χ1n) is 7.13. The molecule has 0 unspecified atom stereocenters. The zero-order chi connectivity index (χ0) is 13.1. The van der Waals surface area contributed by atoms with Crippen LogP contribution in [0.3, 0.4) is 0 Å². The lowest BCUT2D eigenvalue weighted by Gasteiger charge is -2.07. The molecule has 1 rings (SSSR count). The summed E-state index contributed by atoms with van der Waals surface area (Å²) in [4.78, 5) is 4.28. The van der Waals surface area contributed by atoms with Crippen LogP contribution >= 0.6 is 0 Å². The number of pyridine rings is 1. The molecule has 0 aromatic carbocycles. The second-order valence-corrected chi connectivity index (χ2v) is 4.59. The molecule has 0 radical (unpaired) electrons. The van der Waals surface area contributed by atoms with Crippen LogP contribution in [-0.4, -0.2) is 18.1 Å². The lowest BCUT2D eigenvalue weighted by atomic mass is 10.2. The van der Waals surface area contributed by atoms with Crippen LogP contribution in [0.1, 0.15) is 51.5 Å². The fourth-order valence-electron chi connectivity index (χ4n) is 1.73. The van der Waals surface area contributed by atoms with Gasteiger partial charge in [0.2, 0.25) is 0 Å². The number of hydrogen-bond donors (Lipinski definition) is 1. The van der Waals surface area contributed by atoms with Crippen LogP contribution in [0.25, 0.3) is 0 Å². The van der Waals surface area contributed by atoms with Crippen LogP contribution in [0.15, 0.2) is 18.3 Å². The second kappa shape index (κ2) is 9.89. The van der Waals surface area contributed by atoms with Gasteiger partial charge in [-0.2, -0.15) is 0 Å². The molecule has 3 heteroatoms. The van der Waals surface area contributed by atoms with E-state index in [0.29, 0.717) is 6.61 Å². The largest absolute Gasteiger partial charge is 0.377 e. The van der Waals surface area contributed by atoms with E-state index in [1.807, 2.05) is 12.3 Å². The zero-order valence-corrected chi connectivity index (χ0v) is 11.7. The number of nitrogens with one attached hydrogen (secondary N) is 1. The Bertz CT molecular complexity index is 315. The molecular formula is C15H26N2O. The number of unbranched alkanes of at least 4 members (excludes halogenated alkanes) is 3. The Kier molecular flexibility index (Phi) is 8.23. The van der Waals surface area contributed by atoms with Gasteiger partial charge in [0.25, 0.3) is 0 Å². The first kappa shape index (κ1) is 15.0. The van der Waals surface area contributed by atoms with Crippen LogP contribution in [0.5, 0.6) is 0 Å². The van der Waals surface area contributed by atoms with E-state index in [1.165, 1.54) is 31.2 Å². The van der Waals surface area contributed by atoms with Crippen LogP contribution in [0, 0.1) is 0 Å². The fraction of sp³-hybridized carbons (Fsp3) is 0.667. The maximum Gasteiger partial charge on any atom is 0.126 e. The Morgan fingerprint density at radius 2 is 2.06 bits per heavy atom. The van der Waals surface area contributed by atoms with E-state index in [0.717, 1.165) is 25.4 Å². The van der Waals surface area contributed by atoms with Crippen LogP contribution in [0.2, 0.25) is 0 Å². The second-order valence-electron chi connectivity index (χ2n) is 4.59. The Morgan fingerprint density at radius 3 is 2.83 bits per heavy atom. The van der Waals surface area contributed by atoms with Crippen molar-refractivity contribution in [3.8, 4) is 0 Å². The molecule has 0 spiro atoms. The molecule has 0 fully saturated rings. The van der Waals surface area contributed by atoms with Gasteiger partial charge >= 0.3 is 0 Å². The lowest BCUT2D eigenvalue weighted by molar-refractivity contribution is 0.117. The van der Waals surface area contributed by atoms with Gasteiger partial charge in [-0.25, -0.2) is 4.98 Å². The first-order valence-corrected chi connectivity index (χ1v) is 7.13. The third-order valence-electron chi connectivity index (χ3n) is 2.79. The van der Waals surface area contributed by atoms with Gasteiger partial charge in [0, 0.05) is 19.3 Å². The quantitative estimate of drug-likeness (QED) is 0.637. The Morgan fingerprint density at radius 1 is 1.17 bits per heavy atom. The number of hydrogen-bond acceptors (Lipinski definition) is 3. The lowest BCUT2D eigenvalue weighted by Crippen LogP contribution is -2.03. The molecule has 0 bridgehead atoms. The van der Waals surface area contributed by atoms with Gasteiger partial charge in [-0.05, 0) is 30.5 Å². The minimum absolute atomic E-state index is 0.690. The average Bonchev–Trinajstić information content (AvgIpc) is 2.41. The van der Waals surface area contributed by atoms with E-state index < -0.39 is 0 Å². The third kappa shape index (κ3) is 6.60. The highest BCUT2D eigenvalue weighted by molar-refractivity contribution is 5.37. The molecular weight excluding hydrogens is 224 g/mol. The number of anilines is 1. The van der Waals surface area contributed by atoms with Crippen molar-refractivity contribution in [3.05, 3.63) is 23.9 Å². The van der Waals surface area contributed by atoms with Crippen molar-refractivity contribution in [2.45, 2.75) is 52.6 Å². The molecule has 3 nitrogen and oxygen atoms in total. The minimum Gasteiger partial charge on any atom is -0.377 e. The Hall–Kier alpha value is -1.09. The van der Waals surface area contributed by atoms with Gasteiger partial charge in [0.1, 0.15) is 5.82 Å². The van der Waals surface area contributed by atoms with Crippen LogP contribution < -0.4 is 5.32 Å². The van der Waals surface area contributed by atoms with E-state index in [4.69, 9.17) is 4.74 Å². The summed E-state index contributed by atoms with van der Waals surface area (Å²) >= 11 is 0. The van der Waals surface area contributed by atoms with E-state index in [1.54, 1.807) is 0 Å². The molecule has 0 aliphatic rings. The standard InChI is InChI=1S/C15H26N2O/c1-3-5-6-7-11-18-13-14-8-10-17-15(12-14)16-9-4-2/h8,10,12H,3-7,9,11,13H2,1-2H3,(H,16,17). The predicted molar refractivity (Wildman–Crippen MR) is 76.8 cm³/mol. The maximum atomic E-state index is 5.67. The number of rotatable bonds is 10. The maximum absolute atomic E-state index is 5.67. The number of nitrogens with zero attached hydrogens (tertiary/aromatic N) is 1. The first-order chi connectivity index (χ1) is 8.86. The SMILES string of the molecule is CCCCCCOCc1ccnc(NCCC)c1. The molecule has 0 atom stereocenters. The molecule has 1 aromatic rings. The summed E-state index contributed by atoms with van der Waals surface area (Å²) in [6.45, 7) is 6.89. The van der Waals surface area contributed by atoms with Crippen molar-refractivity contribution in [1.29, 1.82) is 0 Å². The Balaban J connectivity index is 2.20. The van der Waals surface area contributed by atoms with E-state index in [-0.39, 0.29) is 0 Å². The third-order valence-corrected chi connectivity index (χ3v) is 2.79. The van der Waals surface area contributed by atoms with Crippen LogP contribution in [0.4, 0.5) is 5.82 Å². The van der Waals surface area contributed by atoms with Crippen molar-refractivity contribution in [2.75, 3.05) is 18.5 Å². The topological polar surface area (TPSA) is 34.1 Å².